The van der Waals surface area contributed by atoms with Crippen molar-refractivity contribution in [3.05, 3.63) is 76.8 Å². The minimum absolute atomic E-state index is 0.0390. The van der Waals surface area contributed by atoms with Gasteiger partial charge in [0.05, 0.1) is 5.52 Å². The number of aromatic nitrogens is 1. The average Bonchev–Trinajstić information content (AvgIpc) is 2.51. The molecule has 4 nitrogen and oxygen atoms in total. The number of anilines is 1. The summed E-state index contributed by atoms with van der Waals surface area (Å²) in [5.41, 5.74) is 0.954. The molecule has 2 aromatic carbocycles. The number of halogens is 1. The first-order chi connectivity index (χ1) is 10.6. The van der Waals surface area contributed by atoms with E-state index >= 15 is 0 Å². The van der Waals surface area contributed by atoms with Gasteiger partial charge < -0.3 is 9.88 Å². The predicted molar refractivity (Wildman–Crippen MR) is 83.2 cm³/mol. The Morgan fingerprint density at radius 2 is 1.86 bits per heavy atom. The van der Waals surface area contributed by atoms with Crippen molar-refractivity contribution in [2.24, 2.45) is 0 Å². The predicted octanol–water partition coefficient (Wildman–Crippen LogP) is 2.78. The van der Waals surface area contributed by atoms with Gasteiger partial charge in [-0.05, 0) is 30.3 Å². The molecule has 0 saturated heterocycles. The van der Waals surface area contributed by atoms with Gasteiger partial charge in [-0.25, -0.2) is 4.39 Å². The zero-order valence-electron chi connectivity index (χ0n) is 11.6. The lowest BCUT2D eigenvalue weighted by Gasteiger charge is -2.11. The van der Waals surface area contributed by atoms with Crippen LogP contribution in [0.5, 0.6) is 0 Å². The molecule has 0 aliphatic heterocycles. The van der Waals surface area contributed by atoms with Crippen molar-refractivity contribution >= 4 is 22.5 Å². The summed E-state index contributed by atoms with van der Waals surface area (Å²) in [7, 11) is 0. The number of amides is 1. The van der Waals surface area contributed by atoms with Crippen molar-refractivity contribution in [1.82, 2.24) is 4.57 Å². The average molecular weight is 296 g/mol. The van der Waals surface area contributed by atoms with E-state index in [2.05, 4.69) is 5.32 Å². The summed E-state index contributed by atoms with van der Waals surface area (Å²) < 4.78 is 14.9. The quantitative estimate of drug-likeness (QED) is 0.808. The number of para-hydroxylation sites is 1. The van der Waals surface area contributed by atoms with E-state index in [9.17, 15) is 14.0 Å². The highest BCUT2D eigenvalue weighted by atomic mass is 19.1. The lowest BCUT2D eigenvalue weighted by Crippen LogP contribution is -2.20. The molecule has 5 heteroatoms. The third-order valence-corrected chi connectivity index (χ3v) is 3.31. The molecule has 3 rings (SSSR count). The molecule has 0 aliphatic carbocycles. The summed E-state index contributed by atoms with van der Waals surface area (Å²) in [4.78, 5) is 23.9. The molecule has 1 heterocycles. The van der Waals surface area contributed by atoms with Gasteiger partial charge in [-0.15, -0.1) is 0 Å². The van der Waals surface area contributed by atoms with Gasteiger partial charge >= 0.3 is 0 Å². The van der Waals surface area contributed by atoms with Gasteiger partial charge in [-0.2, -0.15) is 0 Å². The fourth-order valence-electron chi connectivity index (χ4n) is 2.30. The molecule has 0 atom stereocenters. The lowest BCUT2D eigenvalue weighted by atomic mass is 10.2. The van der Waals surface area contributed by atoms with Crippen molar-refractivity contribution in [3.8, 4) is 0 Å². The Bertz CT molecular complexity index is 888. The second-order valence-electron chi connectivity index (χ2n) is 4.88. The van der Waals surface area contributed by atoms with Gasteiger partial charge in [0, 0.05) is 23.3 Å². The maximum absolute atomic E-state index is 13.3. The number of rotatable bonds is 3. The Labute approximate surface area is 125 Å². The van der Waals surface area contributed by atoms with Crippen molar-refractivity contribution in [3.63, 3.8) is 0 Å². The molecule has 0 spiro atoms. The van der Waals surface area contributed by atoms with Crippen LogP contribution in [0.2, 0.25) is 0 Å². The van der Waals surface area contributed by atoms with Gasteiger partial charge in [-0.1, -0.05) is 18.2 Å². The molecular formula is C17H13FN2O2. The molecular weight excluding hydrogens is 283 g/mol. The maximum atomic E-state index is 13.3. The summed E-state index contributed by atoms with van der Waals surface area (Å²) >= 11 is 0. The van der Waals surface area contributed by atoms with Crippen LogP contribution < -0.4 is 10.7 Å². The largest absolute Gasteiger partial charge is 0.338 e. The van der Waals surface area contributed by atoms with Crippen LogP contribution >= 0.6 is 0 Å². The minimum atomic E-state index is -0.476. The number of carbonyl (C=O) groups excluding carboxylic acids is 1. The van der Waals surface area contributed by atoms with Crippen LogP contribution in [0, 0.1) is 5.82 Å². The van der Waals surface area contributed by atoms with E-state index < -0.39 is 5.82 Å². The van der Waals surface area contributed by atoms with Crippen molar-refractivity contribution in [2.45, 2.75) is 6.54 Å². The Kier molecular flexibility index (Phi) is 3.70. The van der Waals surface area contributed by atoms with E-state index in [1.165, 1.54) is 30.5 Å². The second-order valence-corrected chi connectivity index (χ2v) is 4.88. The van der Waals surface area contributed by atoms with Gasteiger partial charge in [0.2, 0.25) is 5.91 Å². The zero-order valence-corrected chi connectivity index (χ0v) is 11.6. The molecule has 3 aromatic rings. The number of hydrogen-bond donors (Lipinski definition) is 1. The van der Waals surface area contributed by atoms with E-state index in [0.717, 1.165) is 0 Å². The standard InChI is InChI=1S/C17H13FN2O2/c18-12-6-7-15-14(10-12)16(21)8-9-20(15)11-17(22)19-13-4-2-1-3-5-13/h1-10H,11H2,(H,19,22). The van der Waals surface area contributed by atoms with Crippen LogP contribution in [0.3, 0.4) is 0 Å². The number of nitrogens with zero attached hydrogens (tertiary/aromatic N) is 1. The van der Waals surface area contributed by atoms with Crippen molar-refractivity contribution in [1.29, 1.82) is 0 Å². The van der Waals surface area contributed by atoms with Crippen molar-refractivity contribution < 1.29 is 9.18 Å². The van der Waals surface area contributed by atoms with E-state index in [1.54, 1.807) is 16.7 Å². The van der Waals surface area contributed by atoms with Crippen LogP contribution in [-0.4, -0.2) is 10.5 Å². The first-order valence-electron chi connectivity index (χ1n) is 6.77. The van der Waals surface area contributed by atoms with Gasteiger partial charge in [-0.3, -0.25) is 9.59 Å². The Morgan fingerprint density at radius 3 is 2.64 bits per heavy atom. The fourth-order valence-corrected chi connectivity index (χ4v) is 2.30. The topological polar surface area (TPSA) is 51.1 Å². The maximum Gasteiger partial charge on any atom is 0.244 e. The molecule has 0 saturated carbocycles. The smallest absolute Gasteiger partial charge is 0.244 e. The summed E-state index contributed by atoms with van der Waals surface area (Å²) in [6.07, 6.45) is 1.53. The van der Waals surface area contributed by atoms with E-state index in [0.29, 0.717) is 11.2 Å². The van der Waals surface area contributed by atoms with E-state index in [-0.39, 0.29) is 23.3 Å². The molecule has 22 heavy (non-hydrogen) atoms. The molecule has 0 unspecified atom stereocenters. The second kappa shape index (κ2) is 5.81. The third-order valence-electron chi connectivity index (χ3n) is 3.31. The van der Waals surface area contributed by atoms with Crippen LogP contribution in [0.4, 0.5) is 10.1 Å². The Balaban J connectivity index is 1.89. The highest BCUT2D eigenvalue weighted by Gasteiger charge is 2.08. The van der Waals surface area contributed by atoms with Crippen LogP contribution in [0.15, 0.2) is 65.6 Å². The molecule has 0 bridgehead atoms. The number of carbonyl (C=O) groups is 1. The number of hydrogen-bond acceptors (Lipinski definition) is 2. The van der Waals surface area contributed by atoms with Gasteiger partial charge in [0.15, 0.2) is 5.43 Å². The number of benzene rings is 2. The minimum Gasteiger partial charge on any atom is -0.338 e. The SMILES string of the molecule is O=C(Cn1ccc(=O)c2cc(F)ccc21)Nc1ccccc1. The summed E-state index contributed by atoms with van der Waals surface area (Å²) in [5.74, 6) is -0.698. The fraction of sp³-hybridized carbons (Fsp3) is 0.0588. The van der Waals surface area contributed by atoms with Crippen LogP contribution in [-0.2, 0) is 11.3 Å². The van der Waals surface area contributed by atoms with Crippen LogP contribution in [0.25, 0.3) is 10.9 Å². The number of fused-ring (bicyclic) bond motifs is 1. The van der Waals surface area contributed by atoms with Gasteiger partial charge in [0.1, 0.15) is 12.4 Å². The first-order valence-corrected chi connectivity index (χ1v) is 6.77. The normalized spacial score (nSPS) is 10.6. The molecule has 0 aliphatic rings. The molecule has 0 radical (unpaired) electrons. The monoisotopic (exact) mass is 296 g/mol. The highest BCUT2D eigenvalue weighted by molar-refractivity contribution is 5.91. The molecule has 0 fully saturated rings. The first kappa shape index (κ1) is 14.0. The summed E-state index contributed by atoms with van der Waals surface area (Å²) in [6.45, 7) is 0.0390. The summed E-state index contributed by atoms with van der Waals surface area (Å²) in [5, 5.41) is 3.03. The molecule has 1 N–H and O–H groups in total. The highest BCUT2D eigenvalue weighted by Crippen LogP contribution is 2.12. The van der Waals surface area contributed by atoms with E-state index in [4.69, 9.17) is 0 Å². The number of nitrogens with one attached hydrogen (secondary N) is 1. The Hall–Kier alpha value is -2.95. The van der Waals surface area contributed by atoms with Crippen LogP contribution in [0.1, 0.15) is 0 Å². The summed E-state index contributed by atoms with van der Waals surface area (Å²) in [6, 6.07) is 14.4. The molecule has 1 amide bonds. The third kappa shape index (κ3) is 2.88. The molecule has 1 aromatic heterocycles. The van der Waals surface area contributed by atoms with Crippen molar-refractivity contribution in [2.75, 3.05) is 5.32 Å². The van der Waals surface area contributed by atoms with Gasteiger partial charge in [0.25, 0.3) is 0 Å². The zero-order chi connectivity index (χ0) is 15.5. The van der Waals surface area contributed by atoms with E-state index in [1.807, 2.05) is 18.2 Å². The number of pyridine rings is 1. The lowest BCUT2D eigenvalue weighted by molar-refractivity contribution is -0.116. The Morgan fingerprint density at radius 1 is 1.09 bits per heavy atom. The molecule has 110 valence electrons.